The summed E-state index contributed by atoms with van der Waals surface area (Å²) in [4.78, 5) is 12.6. The Labute approximate surface area is 410 Å². The number of amides is 1. The Morgan fingerprint density at radius 3 is 0.955 bits per heavy atom. The number of aliphatic hydroxyl groups excluding tert-OH is 4. The van der Waals surface area contributed by atoms with Crippen LogP contribution < -0.4 is 5.32 Å². The van der Waals surface area contributed by atoms with Crippen LogP contribution in [0.15, 0.2) is 48.6 Å². The van der Waals surface area contributed by atoms with E-state index in [1.165, 1.54) is 212 Å². The van der Waals surface area contributed by atoms with Gasteiger partial charge in [0.1, 0.15) is 12.2 Å². The summed E-state index contributed by atoms with van der Waals surface area (Å²) < 4.78 is 0. The highest BCUT2D eigenvalue weighted by Crippen LogP contribution is 2.17. The first-order valence-electron chi connectivity index (χ1n) is 29.0. The van der Waals surface area contributed by atoms with Crippen LogP contribution in [0.25, 0.3) is 0 Å². The molecule has 0 spiro atoms. The zero-order valence-electron chi connectivity index (χ0n) is 43.9. The lowest BCUT2D eigenvalue weighted by molar-refractivity contribution is -0.132. The lowest BCUT2D eigenvalue weighted by atomic mass is 10.00. The molecule has 0 aliphatic rings. The first kappa shape index (κ1) is 64.3. The molecule has 0 aliphatic heterocycles. The SMILES string of the molecule is CCCCCCCCC/C=C/CC/C=C/CC/C=C/CCCC(O)C(O)C(CO)NC(=O)C(O)CCCCCCCCCCCCCCCC/C=C\CCCCCCCCCCCCCC. The topological polar surface area (TPSA) is 110 Å². The van der Waals surface area contributed by atoms with Gasteiger partial charge >= 0.3 is 0 Å². The Balaban J connectivity index is 3.66. The summed E-state index contributed by atoms with van der Waals surface area (Å²) in [6.07, 6.45) is 69.0. The van der Waals surface area contributed by atoms with Crippen molar-refractivity contribution in [2.24, 2.45) is 0 Å². The van der Waals surface area contributed by atoms with E-state index in [1.807, 2.05) is 0 Å². The number of carbonyl (C=O) groups excluding carboxylic acids is 1. The van der Waals surface area contributed by atoms with Gasteiger partial charge in [0.15, 0.2) is 0 Å². The van der Waals surface area contributed by atoms with E-state index in [9.17, 15) is 25.2 Å². The molecule has 0 aromatic carbocycles. The van der Waals surface area contributed by atoms with E-state index >= 15 is 0 Å². The lowest BCUT2D eigenvalue weighted by Gasteiger charge is -2.27. The predicted octanol–water partition coefficient (Wildman–Crippen LogP) is 17.0. The average Bonchev–Trinajstić information content (AvgIpc) is 3.32. The zero-order valence-corrected chi connectivity index (χ0v) is 43.9. The van der Waals surface area contributed by atoms with Gasteiger partial charge in [-0.3, -0.25) is 4.79 Å². The summed E-state index contributed by atoms with van der Waals surface area (Å²) in [5.74, 6) is -0.597. The number of aliphatic hydroxyl groups is 4. The van der Waals surface area contributed by atoms with Crippen molar-refractivity contribution in [1.29, 1.82) is 0 Å². The third-order valence-electron chi connectivity index (χ3n) is 13.5. The van der Waals surface area contributed by atoms with Crippen molar-refractivity contribution in [2.45, 2.75) is 321 Å². The van der Waals surface area contributed by atoms with Crippen LogP contribution in [0.4, 0.5) is 0 Å². The van der Waals surface area contributed by atoms with Gasteiger partial charge in [-0.25, -0.2) is 0 Å². The molecule has 388 valence electrons. The second-order valence-electron chi connectivity index (χ2n) is 20.0. The minimum absolute atomic E-state index is 0.359. The monoisotopic (exact) mass is 928 g/mol. The van der Waals surface area contributed by atoms with Gasteiger partial charge in [-0.1, -0.05) is 255 Å². The molecule has 0 rings (SSSR count). The van der Waals surface area contributed by atoms with Crippen molar-refractivity contribution in [3.63, 3.8) is 0 Å². The van der Waals surface area contributed by atoms with Crippen molar-refractivity contribution >= 4 is 5.91 Å². The summed E-state index contributed by atoms with van der Waals surface area (Å²) in [5, 5.41) is 43.9. The Kier molecular flexibility index (Phi) is 52.8. The third-order valence-corrected chi connectivity index (χ3v) is 13.5. The Morgan fingerprint density at radius 1 is 0.364 bits per heavy atom. The van der Waals surface area contributed by atoms with E-state index in [2.05, 4.69) is 67.8 Å². The van der Waals surface area contributed by atoms with Crippen LogP contribution in [0.2, 0.25) is 0 Å². The molecule has 0 aromatic heterocycles. The number of allylic oxidation sites excluding steroid dienone is 8. The van der Waals surface area contributed by atoms with E-state index in [0.717, 1.165) is 51.4 Å². The second-order valence-corrected chi connectivity index (χ2v) is 20.0. The number of carbonyl (C=O) groups is 1. The maximum Gasteiger partial charge on any atom is 0.249 e. The van der Waals surface area contributed by atoms with Gasteiger partial charge in [-0.05, 0) is 89.9 Å². The van der Waals surface area contributed by atoms with Gasteiger partial charge in [0.2, 0.25) is 5.91 Å². The van der Waals surface area contributed by atoms with E-state index in [4.69, 9.17) is 0 Å². The van der Waals surface area contributed by atoms with Crippen molar-refractivity contribution in [2.75, 3.05) is 6.61 Å². The fraction of sp³-hybridized carbons (Fsp3) is 0.850. The van der Waals surface area contributed by atoms with E-state index in [1.54, 1.807) is 0 Å². The molecule has 0 aliphatic carbocycles. The number of unbranched alkanes of at least 4 members (excludes halogenated alkanes) is 36. The molecular formula is C60H113NO5. The van der Waals surface area contributed by atoms with Gasteiger partial charge in [0.25, 0.3) is 0 Å². The molecule has 4 unspecified atom stereocenters. The Hall–Kier alpha value is -1.73. The molecule has 0 aromatic rings. The number of hydrogen-bond acceptors (Lipinski definition) is 5. The first-order valence-corrected chi connectivity index (χ1v) is 29.0. The van der Waals surface area contributed by atoms with Crippen molar-refractivity contribution in [3.8, 4) is 0 Å². The molecule has 0 saturated heterocycles. The molecule has 6 nitrogen and oxygen atoms in total. The molecule has 0 radical (unpaired) electrons. The highest BCUT2D eigenvalue weighted by Gasteiger charge is 2.28. The van der Waals surface area contributed by atoms with Crippen LogP contribution in [0.5, 0.6) is 0 Å². The number of rotatable bonds is 53. The molecule has 6 heteroatoms. The molecule has 5 N–H and O–H groups in total. The van der Waals surface area contributed by atoms with Gasteiger partial charge in [0, 0.05) is 0 Å². The van der Waals surface area contributed by atoms with Crippen LogP contribution in [0.3, 0.4) is 0 Å². The molecule has 1 amide bonds. The fourth-order valence-corrected chi connectivity index (χ4v) is 8.90. The summed E-state index contributed by atoms with van der Waals surface area (Å²) in [5.41, 5.74) is 0. The molecule has 0 saturated carbocycles. The van der Waals surface area contributed by atoms with Gasteiger partial charge in [-0.2, -0.15) is 0 Å². The minimum atomic E-state index is -1.29. The third kappa shape index (κ3) is 47.3. The van der Waals surface area contributed by atoms with E-state index in [-0.39, 0.29) is 0 Å². The molecular weight excluding hydrogens is 815 g/mol. The van der Waals surface area contributed by atoms with Crippen LogP contribution in [0, 0.1) is 0 Å². The van der Waals surface area contributed by atoms with Crippen LogP contribution >= 0.6 is 0 Å². The van der Waals surface area contributed by atoms with Crippen LogP contribution in [-0.4, -0.2) is 57.3 Å². The Bertz CT molecular complexity index is 1090. The fourth-order valence-electron chi connectivity index (χ4n) is 8.90. The van der Waals surface area contributed by atoms with Crippen molar-refractivity contribution in [1.82, 2.24) is 5.32 Å². The molecule has 0 fully saturated rings. The average molecular weight is 929 g/mol. The number of hydrogen-bond donors (Lipinski definition) is 5. The standard InChI is InChI=1S/C60H113NO5/c1-3-5-7-9-11-13-15-17-19-21-23-25-26-27-28-29-30-31-32-33-34-36-38-40-42-44-46-48-50-52-54-58(64)60(66)61-56(55-62)59(65)57(63)53-51-49-47-45-43-41-39-37-35-24-22-20-18-16-14-12-10-8-6-4-2/h20,22,27-28,37,39,45,47,56-59,62-65H,3-19,21,23-26,29-36,38,40-44,46,48-55H2,1-2H3,(H,61,66)/b22-20+,28-27-,39-37+,47-45+. The summed E-state index contributed by atoms with van der Waals surface area (Å²) in [7, 11) is 0. The normalized spacial score (nSPS) is 14.1. The van der Waals surface area contributed by atoms with Gasteiger partial charge < -0.3 is 25.7 Å². The van der Waals surface area contributed by atoms with Crippen molar-refractivity contribution in [3.05, 3.63) is 48.6 Å². The second kappa shape index (κ2) is 54.2. The van der Waals surface area contributed by atoms with Crippen LogP contribution in [0.1, 0.15) is 296 Å². The molecule has 4 atom stereocenters. The molecule has 0 heterocycles. The van der Waals surface area contributed by atoms with E-state index in [0.29, 0.717) is 19.3 Å². The maximum atomic E-state index is 12.6. The first-order chi connectivity index (χ1) is 32.5. The highest BCUT2D eigenvalue weighted by molar-refractivity contribution is 5.80. The molecule has 66 heavy (non-hydrogen) atoms. The highest BCUT2D eigenvalue weighted by atomic mass is 16.3. The predicted molar refractivity (Wildman–Crippen MR) is 288 cm³/mol. The summed E-state index contributed by atoms with van der Waals surface area (Å²) in [6.45, 7) is 4.06. The van der Waals surface area contributed by atoms with Crippen molar-refractivity contribution < 1.29 is 25.2 Å². The van der Waals surface area contributed by atoms with E-state index < -0.39 is 36.9 Å². The van der Waals surface area contributed by atoms with Gasteiger partial charge in [-0.15, -0.1) is 0 Å². The lowest BCUT2D eigenvalue weighted by Crippen LogP contribution is -2.53. The van der Waals surface area contributed by atoms with Crippen LogP contribution in [-0.2, 0) is 4.79 Å². The Morgan fingerprint density at radius 2 is 0.636 bits per heavy atom. The largest absolute Gasteiger partial charge is 0.394 e. The quantitative estimate of drug-likeness (QED) is 0.0308. The minimum Gasteiger partial charge on any atom is -0.394 e. The maximum absolute atomic E-state index is 12.6. The molecule has 0 bridgehead atoms. The smallest absolute Gasteiger partial charge is 0.249 e. The number of nitrogens with one attached hydrogen (secondary N) is 1. The van der Waals surface area contributed by atoms with Gasteiger partial charge in [0.05, 0.1) is 18.8 Å². The summed E-state index contributed by atoms with van der Waals surface area (Å²) >= 11 is 0. The summed E-state index contributed by atoms with van der Waals surface area (Å²) in [6, 6.07) is -1.01. The zero-order chi connectivity index (χ0) is 48.1.